The lowest BCUT2D eigenvalue weighted by molar-refractivity contribution is -0.0290. The van der Waals surface area contributed by atoms with E-state index < -0.39 is 5.60 Å². The highest BCUT2D eigenvalue weighted by Gasteiger charge is 2.34. The van der Waals surface area contributed by atoms with Crippen molar-refractivity contribution >= 4 is 6.03 Å². The number of carbonyl (C=O) groups excluding carboxylic acids is 1. The number of hydrogen-bond acceptors (Lipinski definition) is 2. The first-order valence-electron chi connectivity index (χ1n) is 7.42. The summed E-state index contributed by atoms with van der Waals surface area (Å²) in [6.45, 7) is 1.15. The van der Waals surface area contributed by atoms with E-state index in [1.807, 2.05) is 0 Å². The third-order valence-electron chi connectivity index (χ3n) is 4.43. The quantitative estimate of drug-likeness (QED) is 0.704. The molecule has 2 aliphatic rings. The van der Waals surface area contributed by atoms with E-state index in [4.69, 9.17) is 0 Å². The van der Waals surface area contributed by atoms with E-state index in [1.165, 1.54) is 32.1 Å². The summed E-state index contributed by atoms with van der Waals surface area (Å²) in [5.41, 5.74) is -0.624. The first kappa shape index (κ1) is 13.7. The third-order valence-corrected chi connectivity index (χ3v) is 4.43. The van der Waals surface area contributed by atoms with E-state index in [0.29, 0.717) is 6.54 Å². The second kappa shape index (κ2) is 6.41. The van der Waals surface area contributed by atoms with Crippen molar-refractivity contribution in [1.29, 1.82) is 0 Å². The molecule has 0 saturated heterocycles. The number of carbonyl (C=O) groups is 1. The van der Waals surface area contributed by atoms with Crippen molar-refractivity contribution in [3.63, 3.8) is 0 Å². The molecule has 0 unspecified atom stereocenters. The van der Waals surface area contributed by atoms with Gasteiger partial charge in [0, 0.05) is 13.1 Å². The average molecular weight is 254 g/mol. The van der Waals surface area contributed by atoms with Crippen molar-refractivity contribution in [2.45, 2.75) is 63.4 Å². The van der Waals surface area contributed by atoms with Crippen LogP contribution < -0.4 is 10.6 Å². The van der Waals surface area contributed by atoms with Crippen LogP contribution in [0.4, 0.5) is 4.79 Å². The smallest absolute Gasteiger partial charge is 0.314 e. The SMILES string of the molecule is O=C(NCCC1CCCCC1)NCC1(O)CCC1. The average Bonchev–Trinajstić information content (AvgIpc) is 2.35. The molecule has 0 aliphatic heterocycles. The summed E-state index contributed by atoms with van der Waals surface area (Å²) in [6.07, 6.45) is 10.5. The van der Waals surface area contributed by atoms with Crippen LogP contribution in [0, 0.1) is 5.92 Å². The Morgan fingerprint density at radius 3 is 2.44 bits per heavy atom. The summed E-state index contributed by atoms with van der Waals surface area (Å²) in [5, 5.41) is 15.5. The maximum atomic E-state index is 11.5. The molecule has 0 spiro atoms. The minimum absolute atomic E-state index is 0.133. The topological polar surface area (TPSA) is 61.4 Å². The van der Waals surface area contributed by atoms with Crippen molar-refractivity contribution in [3.8, 4) is 0 Å². The highest BCUT2D eigenvalue weighted by molar-refractivity contribution is 5.73. The van der Waals surface area contributed by atoms with Gasteiger partial charge in [-0.1, -0.05) is 32.1 Å². The van der Waals surface area contributed by atoms with Gasteiger partial charge in [-0.15, -0.1) is 0 Å². The van der Waals surface area contributed by atoms with Gasteiger partial charge in [-0.3, -0.25) is 0 Å². The van der Waals surface area contributed by atoms with E-state index in [0.717, 1.165) is 38.1 Å². The fourth-order valence-electron chi connectivity index (χ4n) is 2.93. The number of nitrogens with one attached hydrogen (secondary N) is 2. The minimum Gasteiger partial charge on any atom is -0.388 e. The summed E-state index contributed by atoms with van der Waals surface area (Å²) >= 11 is 0. The van der Waals surface area contributed by atoms with Gasteiger partial charge >= 0.3 is 6.03 Å². The van der Waals surface area contributed by atoms with Crippen LogP contribution >= 0.6 is 0 Å². The van der Waals surface area contributed by atoms with Gasteiger partial charge < -0.3 is 15.7 Å². The molecule has 2 aliphatic carbocycles. The lowest BCUT2D eigenvalue weighted by Gasteiger charge is -2.36. The fraction of sp³-hybridized carbons (Fsp3) is 0.929. The molecule has 4 heteroatoms. The van der Waals surface area contributed by atoms with Crippen molar-refractivity contribution < 1.29 is 9.90 Å². The molecular formula is C14H26N2O2. The highest BCUT2D eigenvalue weighted by atomic mass is 16.3. The van der Waals surface area contributed by atoms with Crippen molar-refractivity contribution in [1.82, 2.24) is 10.6 Å². The summed E-state index contributed by atoms with van der Waals surface area (Å²) in [5.74, 6) is 0.801. The molecule has 2 amide bonds. The number of urea groups is 1. The van der Waals surface area contributed by atoms with Gasteiger partial charge in [-0.25, -0.2) is 4.79 Å². The number of rotatable bonds is 5. The summed E-state index contributed by atoms with van der Waals surface area (Å²) in [6, 6.07) is -0.133. The van der Waals surface area contributed by atoms with E-state index in [-0.39, 0.29) is 6.03 Å². The van der Waals surface area contributed by atoms with E-state index in [9.17, 15) is 9.90 Å². The van der Waals surface area contributed by atoms with Gasteiger partial charge in [0.15, 0.2) is 0 Å². The molecule has 0 aromatic rings. The fourth-order valence-corrected chi connectivity index (χ4v) is 2.93. The van der Waals surface area contributed by atoms with Crippen LogP contribution in [0.15, 0.2) is 0 Å². The molecule has 2 fully saturated rings. The van der Waals surface area contributed by atoms with Crippen LogP contribution in [-0.2, 0) is 0 Å². The zero-order chi connectivity index (χ0) is 12.8. The van der Waals surface area contributed by atoms with Crippen LogP contribution in [0.2, 0.25) is 0 Å². The number of hydrogen-bond donors (Lipinski definition) is 3. The summed E-state index contributed by atoms with van der Waals surface area (Å²) in [4.78, 5) is 11.5. The van der Waals surface area contributed by atoms with Crippen LogP contribution in [-0.4, -0.2) is 29.8 Å². The molecule has 0 radical (unpaired) electrons. The Labute approximate surface area is 110 Å². The van der Waals surface area contributed by atoms with Gasteiger partial charge in [-0.2, -0.15) is 0 Å². The van der Waals surface area contributed by atoms with E-state index in [1.54, 1.807) is 0 Å². The molecule has 2 rings (SSSR count). The van der Waals surface area contributed by atoms with Gasteiger partial charge in [0.2, 0.25) is 0 Å². The molecule has 0 aromatic carbocycles. The highest BCUT2D eigenvalue weighted by Crippen LogP contribution is 2.30. The number of amides is 2. The minimum atomic E-state index is -0.624. The Morgan fingerprint density at radius 2 is 1.83 bits per heavy atom. The molecule has 18 heavy (non-hydrogen) atoms. The monoisotopic (exact) mass is 254 g/mol. The van der Waals surface area contributed by atoms with Crippen molar-refractivity contribution in [2.24, 2.45) is 5.92 Å². The van der Waals surface area contributed by atoms with Crippen molar-refractivity contribution in [2.75, 3.05) is 13.1 Å². The molecule has 0 aromatic heterocycles. The predicted octanol–water partition coefficient (Wildman–Crippen LogP) is 2.17. The first-order chi connectivity index (χ1) is 8.68. The molecular weight excluding hydrogens is 228 g/mol. The maximum absolute atomic E-state index is 11.5. The third kappa shape index (κ3) is 4.16. The lowest BCUT2D eigenvalue weighted by atomic mass is 9.80. The van der Waals surface area contributed by atoms with E-state index in [2.05, 4.69) is 10.6 Å². The first-order valence-corrected chi connectivity index (χ1v) is 7.42. The Bertz CT molecular complexity index is 271. The van der Waals surface area contributed by atoms with Gasteiger partial charge in [-0.05, 0) is 31.6 Å². The summed E-state index contributed by atoms with van der Waals surface area (Å²) in [7, 11) is 0. The molecule has 2 saturated carbocycles. The Balaban J connectivity index is 1.51. The predicted molar refractivity (Wildman–Crippen MR) is 71.4 cm³/mol. The Hall–Kier alpha value is -0.770. The Kier molecular flexibility index (Phi) is 4.87. The van der Waals surface area contributed by atoms with Crippen LogP contribution in [0.3, 0.4) is 0 Å². The molecule has 0 bridgehead atoms. The second-order valence-electron chi connectivity index (χ2n) is 5.98. The molecule has 0 heterocycles. The lowest BCUT2D eigenvalue weighted by Crippen LogP contribution is -2.50. The molecule has 104 valence electrons. The molecule has 3 N–H and O–H groups in total. The Morgan fingerprint density at radius 1 is 1.11 bits per heavy atom. The standard InChI is InChI=1S/C14H26N2O2/c17-13(16-11-14(18)8-4-9-14)15-10-7-12-5-2-1-3-6-12/h12,18H,1-11H2,(H2,15,16,17). The van der Waals surface area contributed by atoms with E-state index >= 15 is 0 Å². The normalized spacial score (nSPS) is 23.2. The van der Waals surface area contributed by atoms with Crippen LogP contribution in [0.5, 0.6) is 0 Å². The second-order valence-corrected chi connectivity index (χ2v) is 5.98. The van der Waals surface area contributed by atoms with Crippen LogP contribution in [0.1, 0.15) is 57.8 Å². The molecule has 0 atom stereocenters. The zero-order valence-corrected chi connectivity index (χ0v) is 11.2. The number of aliphatic hydroxyl groups is 1. The van der Waals surface area contributed by atoms with Crippen LogP contribution in [0.25, 0.3) is 0 Å². The zero-order valence-electron chi connectivity index (χ0n) is 11.2. The largest absolute Gasteiger partial charge is 0.388 e. The maximum Gasteiger partial charge on any atom is 0.314 e. The van der Waals surface area contributed by atoms with Gasteiger partial charge in [0.05, 0.1) is 5.60 Å². The molecule has 4 nitrogen and oxygen atoms in total. The van der Waals surface area contributed by atoms with Gasteiger partial charge in [0.1, 0.15) is 0 Å². The summed E-state index contributed by atoms with van der Waals surface area (Å²) < 4.78 is 0. The van der Waals surface area contributed by atoms with Gasteiger partial charge in [0.25, 0.3) is 0 Å². The van der Waals surface area contributed by atoms with Crippen molar-refractivity contribution in [3.05, 3.63) is 0 Å².